The van der Waals surface area contributed by atoms with Crippen LogP contribution in [0.25, 0.3) is 21.8 Å². The highest BCUT2D eigenvalue weighted by molar-refractivity contribution is 6.31. The van der Waals surface area contributed by atoms with Crippen molar-refractivity contribution in [1.82, 2.24) is 15.2 Å². The Morgan fingerprint density at radius 3 is 2.77 bits per heavy atom. The lowest BCUT2D eigenvalue weighted by atomic mass is 10.1. The van der Waals surface area contributed by atoms with Crippen molar-refractivity contribution in [3.05, 3.63) is 41.4 Å². The van der Waals surface area contributed by atoms with Gasteiger partial charge < -0.3 is 15.4 Å². The molecule has 0 aliphatic carbocycles. The number of hydrogen-bond donors (Lipinski definition) is 2. The highest BCUT2D eigenvalue weighted by Crippen LogP contribution is 2.34. The number of methoxy groups -OCH3 is 1. The molecule has 2 aromatic carbocycles. The molecule has 4 rings (SSSR count). The van der Waals surface area contributed by atoms with E-state index in [-0.39, 0.29) is 0 Å². The van der Waals surface area contributed by atoms with Crippen molar-refractivity contribution >= 4 is 39.1 Å². The van der Waals surface area contributed by atoms with Gasteiger partial charge in [-0.15, -0.1) is 0 Å². The molecule has 5 nitrogen and oxygen atoms in total. The van der Waals surface area contributed by atoms with Gasteiger partial charge in [0.15, 0.2) is 0 Å². The molecule has 1 saturated heterocycles. The Labute approximate surface area is 158 Å². The Morgan fingerprint density at radius 2 is 1.96 bits per heavy atom. The maximum Gasteiger partial charge on any atom is 0.119 e. The molecule has 0 saturated carbocycles. The van der Waals surface area contributed by atoms with E-state index in [4.69, 9.17) is 21.3 Å². The van der Waals surface area contributed by atoms with E-state index < -0.39 is 0 Å². The van der Waals surface area contributed by atoms with Crippen LogP contribution in [0.15, 0.2) is 36.4 Å². The van der Waals surface area contributed by atoms with Crippen LogP contribution < -0.4 is 15.4 Å². The van der Waals surface area contributed by atoms with Gasteiger partial charge in [0.05, 0.1) is 23.8 Å². The Morgan fingerprint density at radius 1 is 1.12 bits per heavy atom. The molecule has 1 aliphatic rings. The van der Waals surface area contributed by atoms with Gasteiger partial charge in [-0.1, -0.05) is 11.6 Å². The summed E-state index contributed by atoms with van der Waals surface area (Å²) >= 11 is 6.18. The van der Waals surface area contributed by atoms with E-state index in [0.29, 0.717) is 5.02 Å². The van der Waals surface area contributed by atoms with Gasteiger partial charge in [-0.05, 0) is 36.4 Å². The van der Waals surface area contributed by atoms with Crippen LogP contribution in [0.1, 0.15) is 0 Å². The lowest BCUT2D eigenvalue weighted by molar-refractivity contribution is 0.249. The first-order chi connectivity index (χ1) is 12.7. The van der Waals surface area contributed by atoms with Crippen molar-refractivity contribution in [3.63, 3.8) is 0 Å². The number of nitrogens with zero attached hydrogens (tertiary/aromatic N) is 2. The van der Waals surface area contributed by atoms with Crippen molar-refractivity contribution in [1.29, 1.82) is 0 Å². The number of anilines is 1. The standard InChI is InChI=1S/C20H23ClN4O/c1-26-15-3-5-18-17(13-15)20(16-4-2-14(21)12-19(16)24-18)23-8-11-25-9-6-22-7-10-25/h2-5,12-13,22H,6-11H2,1H3,(H,23,24). The summed E-state index contributed by atoms with van der Waals surface area (Å²) < 4.78 is 5.42. The van der Waals surface area contributed by atoms with Crippen LogP contribution in [0.3, 0.4) is 0 Å². The number of pyridine rings is 1. The number of rotatable bonds is 5. The van der Waals surface area contributed by atoms with Gasteiger partial charge in [-0.25, -0.2) is 4.98 Å². The Bertz CT molecular complexity index is 924. The summed E-state index contributed by atoms with van der Waals surface area (Å²) in [6.07, 6.45) is 0. The predicted octanol–water partition coefficient (Wildman–Crippen LogP) is 3.37. The summed E-state index contributed by atoms with van der Waals surface area (Å²) in [7, 11) is 1.69. The van der Waals surface area contributed by atoms with Crippen LogP contribution >= 0.6 is 11.6 Å². The van der Waals surface area contributed by atoms with Gasteiger partial charge >= 0.3 is 0 Å². The zero-order chi connectivity index (χ0) is 17.9. The van der Waals surface area contributed by atoms with E-state index in [9.17, 15) is 0 Å². The Balaban J connectivity index is 1.70. The number of aromatic nitrogens is 1. The second-order valence-corrected chi connectivity index (χ2v) is 6.99. The summed E-state index contributed by atoms with van der Waals surface area (Å²) in [6.45, 7) is 6.23. The molecule has 1 aliphatic heterocycles. The highest BCUT2D eigenvalue weighted by Gasteiger charge is 2.12. The molecule has 0 bridgehead atoms. The summed E-state index contributed by atoms with van der Waals surface area (Å²) in [4.78, 5) is 7.25. The maximum absolute atomic E-state index is 6.18. The van der Waals surface area contributed by atoms with Gasteiger partial charge in [0.2, 0.25) is 0 Å². The molecule has 136 valence electrons. The smallest absolute Gasteiger partial charge is 0.119 e. The first-order valence-electron chi connectivity index (χ1n) is 8.98. The number of piperazine rings is 1. The fourth-order valence-corrected chi connectivity index (χ4v) is 3.65. The lowest BCUT2D eigenvalue weighted by Gasteiger charge is -2.27. The molecular weight excluding hydrogens is 348 g/mol. The first-order valence-corrected chi connectivity index (χ1v) is 9.36. The summed E-state index contributed by atoms with van der Waals surface area (Å²) in [5.41, 5.74) is 2.93. The highest BCUT2D eigenvalue weighted by atomic mass is 35.5. The molecule has 6 heteroatoms. The quantitative estimate of drug-likeness (QED) is 0.674. The van der Waals surface area contributed by atoms with E-state index >= 15 is 0 Å². The molecule has 26 heavy (non-hydrogen) atoms. The molecule has 0 unspecified atom stereocenters. The zero-order valence-electron chi connectivity index (χ0n) is 14.9. The van der Waals surface area contributed by atoms with Crippen molar-refractivity contribution in [2.24, 2.45) is 0 Å². The van der Waals surface area contributed by atoms with Crippen molar-refractivity contribution in [2.75, 3.05) is 51.7 Å². The minimum Gasteiger partial charge on any atom is -0.497 e. The lowest BCUT2D eigenvalue weighted by Crippen LogP contribution is -2.45. The van der Waals surface area contributed by atoms with E-state index in [2.05, 4.69) is 15.5 Å². The second-order valence-electron chi connectivity index (χ2n) is 6.55. The third-order valence-electron chi connectivity index (χ3n) is 4.88. The van der Waals surface area contributed by atoms with Crippen LogP contribution in [0.4, 0.5) is 5.69 Å². The third-order valence-corrected chi connectivity index (χ3v) is 5.12. The van der Waals surface area contributed by atoms with Gasteiger partial charge in [0.25, 0.3) is 0 Å². The van der Waals surface area contributed by atoms with E-state index in [1.165, 1.54) is 0 Å². The van der Waals surface area contributed by atoms with E-state index in [0.717, 1.165) is 72.5 Å². The normalized spacial score (nSPS) is 15.5. The number of hydrogen-bond acceptors (Lipinski definition) is 5. The SMILES string of the molecule is COc1ccc2nc3cc(Cl)ccc3c(NCCN3CCNCC3)c2c1. The molecule has 2 N–H and O–H groups in total. The van der Waals surface area contributed by atoms with Crippen LogP contribution in [0.5, 0.6) is 5.75 Å². The molecule has 0 amide bonds. The van der Waals surface area contributed by atoms with Gasteiger partial charge in [-0.3, -0.25) is 4.90 Å². The average molecular weight is 371 g/mol. The molecule has 1 aromatic heterocycles. The fourth-order valence-electron chi connectivity index (χ4n) is 3.49. The fraction of sp³-hybridized carbons (Fsp3) is 0.350. The largest absolute Gasteiger partial charge is 0.497 e. The molecule has 0 spiro atoms. The van der Waals surface area contributed by atoms with Gasteiger partial charge in [-0.2, -0.15) is 0 Å². The monoisotopic (exact) mass is 370 g/mol. The number of benzene rings is 2. The minimum atomic E-state index is 0.699. The summed E-state index contributed by atoms with van der Waals surface area (Å²) in [6, 6.07) is 11.9. The van der Waals surface area contributed by atoms with E-state index in [1.807, 2.05) is 36.4 Å². The Hall–Kier alpha value is -2.08. The predicted molar refractivity (Wildman–Crippen MR) is 109 cm³/mol. The maximum atomic E-state index is 6.18. The van der Waals surface area contributed by atoms with Crippen LogP contribution in [0.2, 0.25) is 5.02 Å². The van der Waals surface area contributed by atoms with Crippen molar-refractivity contribution in [3.8, 4) is 5.75 Å². The molecule has 0 atom stereocenters. The third kappa shape index (κ3) is 3.56. The molecule has 1 fully saturated rings. The molecule has 3 aromatic rings. The Kier molecular flexibility index (Phi) is 5.11. The number of fused-ring (bicyclic) bond motifs is 2. The molecular formula is C20H23ClN4O. The van der Waals surface area contributed by atoms with E-state index in [1.54, 1.807) is 7.11 Å². The van der Waals surface area contributed by atoms with Crippen molar-refractivity contribution in [2.45, 2.75) is 0 Å². The van der Waals surface area contributed by atoms with Crippen molar-refractivity contribution < 1.29 is 4.74 Å². The van der Waals surface area contributed by atoms with Crippen LogP contribution in [0, 0.1) is 0 Å². The number of ether oxygens (including phenoxy) is 1. The number of nitrogens with one attached hydrogen (secondary N) is 2. The second kappa shape index (κ2) is 7.66. The average Bonchev–Trinajstić information content (AvgIpc) is 2.67. The summed E-state index contributed by atoms with van der Waals surface area (Å²) in [5.74, 6) is 0.831. The summed E-state index contributed by atoms with van der Waals surface area (Å²) in [5, 5.41) is 9.89. The van der Waals surface area contributed by atoms with Crippen LogP contribution in [-0.4, -0.2) is 56.3 Å². The number of halogens is 1. The molecule has 0 radical (unpaired) electrons. The molecule has 2 heterocycles. The topological polar surface area (TPSA) is 49.4 Å². The first kappa shape index (κ1) is 17.3. The van der Waals surface area contributed by atoms with Crippen LogP contribution in [-0.2, 0) is 0 Å². The van der Waals surface area contributed by atoms with Gasteiger partial charge in [0.1, 0.15) is 5.75 Å². The van der Waals surface area contributed by atoms with Gasteiger partial charge in [0, 0.05) is 55.1 Å². The minimum absolute atomic E-state index is 0.699. The zero-order valence-corrected chi connectivity index (χ0v) is 15.6.